The highest BCUT2D eigenvalue weighted by Gasteiger charge is 2.14. The molecule has 7 heteroatoms. The molecule has 0 fully saturated rings. The zero-order valence-electron chi connectivity index (χ0n) is 15.6. The van der Waals surface area contributed by atoms with Gasteiger partial charge in [-0.15, -0.1) is 0 Å². The Hall–Kier alpha value is -3.74. The molecule has 0 unspecified atom stereocenters. The normalized spacial score (nSPS) is 10.8. The van der Waals surface area contributed by atoms with Gasteiger partial charge in [0.1, 0.15) is 6.61 Å². The van der Waals surface area contributed by atoms with Gasteiger partial charge in [-0.25, -0.2) is 5.43 Å². The molecule has 1 heterocycles. The number of nitrogens with zero attached hydrogens (tertiary/aromatic N) is 1. The maximum atomic E-state index is 12.3. The largest absolute Gasteiger partial charge is 0.493 e. The van der Waals surface area contributed by atoms with Crippen molar-refractivity contribution in [3.05, 3.63) is 66.4 Å². The summed E-state index contributed by atoms with van der Waals surface area (Å²) < 4.78 is 21.6. The highest BCUT2D eigenvalue weighted by atomic mass is 16.5. The van der Waals surface area contributed by atoms with Crippen molar-refractivity contribution >= 4 is 23.1 Å². The number of hydrazone groups is 1. The van der Waals surface area contributed by atoms with Crippen LogP contribution in [0.3, 0.4) is 0 Å². The highest BCUT2D eigenvalue weighted by Crippen LogP contribution is 2.29. The summed E-state index contributed by atoms with van der Waals surface area (Å²) in [4.78, 5) is 12.3. The van der Waals surface area contributed by atoms with Crippen LogP contribution in [0.5, 0.6) is 17.2 Å². The minimum absolute atomic E-state index is 0.141. The molecule has 0 atom stereocenters. The van der Waals surface area contributed by atoms with Crippen LogP contribution in [0.15, 0.2) is 64.6 Å². The first-order valence-corrected chi connectivity index (χ1v) is 8.48. The second-order valence-corrected chi connectivity index (χ2v) is 5.70. The van der Waals surface area contributed by atoms with Crippen molar-refractivity contribution in [2.24, 2.45) is 5.10 Å². The molecular weight excluding hydrogens is 360 g/mol. The number of carbonyl (C=O) groups excluding carboxylic acids is 1. The number of hydrogen-bond donors (Lipinski definition) is 1. The van der Waals surface area contributed by atoms with Gasteiger partial charge in [0.25, 0.3) is 0 Å². The van der Waals surface area contributed by atoms with E-state index in [1.165, 1.54) is 6.21 Å². The summed E-state index contributed by atoms with van der Waals surface area (Å²) in [6.45, 7) is 3.99. The smallest absolute Gasteiger partial charge is 0.307 e. The quantitative estimate of drug-likeness (QED) is 0.365. The van der Waals surface area contributed by atoms with E-state index in [2.05, 4.69) is 17.1 Å². The van der Waals surface area contributed by atoms with Gasteiger partial charge in [0, 0.05) is 5.39 Å². The number of carbonyl (C=O) groups is 1. The second kappa shape index (κ2) is 8.77. The van der Waals surface area contributed by atoms with E-state index in [0.29, 0.717) is 29.4 Å². The van der Waals surface area contributed by atoms with Crippen LogP contribution in [-0.2, 0) is 0 Å². The minimum atomic E-state index is -0.465. The summed E-state index contributed by atoms with van der Waals surface area (Å²) in [5.41, 5.74) is 3.69. The van der Waals surface area contributed by atoms with Crippen LogP contribution in [0.1, 0.15) is 16.1 Å². The molecule has 144 valence electrons. The molecule has 0 saturated carbocycles. The summed E-state index contributed by atoms with van der Waals surface area (Å²) >= 11 is 0. The van der Waals surface area contributed by atoms with Gasteiger partial charge in [0.2, 0.25) is 0 Å². The number of furan rings is 1. The van der Waals surface area contributed by atoms with Crippen LogP contribution >= 0.6 is 0 Å². The molecule has 0 bridgehead atoms. The van der Waals surface area contributed by atoms with E-state index in [9.17, 15) is 4.79 Å². The summed E-state index contributed by atoms with van der Waals surface area (Å²) in [7, 11) is 3.10. The van der Waals surface area contributed by atoms with Crippen LogP contribution < -0.4 is 19.6 Å². The lowest BCUT2D eigenvalue weighted by atomic mass is 10.2. The number of ether oxygens (including phenoxy) is 3. The standard InChI is InChI=1S/C21H20N2O5/c1-4-10-27-16-9-8-14(11-18(16)26-3)13-22-23-21(24)19-12-15-6-5-7-17(25-2)20(15)28-19/h4-9,11-13H,1,10H2,2-3H3,(H,23,24)/b22-13-. The van der Waals surface area contributed by atoms with Crippen LogP contribution in [0.2, 0.25) is 0 Å². The molecule has 1 aromatic heterocycles. The number of rotatable bonds is 8. The Bertz CT molecular complexity index is 1020. The van der Waals surface area contributed by atoms with Gasteiger partial charge in [-0.3, -0.25) is 4.79 Å². The molecule has 7 nitrogen and oxygen atoms in total. The number of nitrogens with one attached hydrogen (secondary N) is 1. The van der Waals surface area contributed by atoms with Gasteiger partial charge >= 0.3 is 5.91 Å². The van der Waals surface area contributed by atoms with Gasteiger partial charge in [0.05, 0.1) is 20.4 Å². The molecule has 0 saturated heterocycles. The lowest BCUT2D eigenvalue weighted by Gasteiger charge is -2.09. The maximum absolute atomic E-state index is 12.3. The predicted octanol–water partition coefficient (Wildman–Crippen LogP) is 3.78. The topological polar surface area (TPSA) is 82.3 Å². The van der Waals surface area contributed by atoms with Gasteiger partial charge in [-0.1, -0.05) is 24.8 Å². The van der Waals surface area contributed by atoms with Crippen molar-refractivity contribution in [3.63, 3.8) is 0 Å². The Morgan fingerprint density at radius 3 is 2.71 bits per heavy atom. The fourth-order valence-electron chi connectivity index (χ4n) is 2.56. The lowest BCUT2D eigenvalue weighted by Crippen LogP contribution is -2.16. The number of para-hydroxylation sites is 1. The first-order valence-electron chi connectivity index (χ1n) is 8.48. The van der Waals surface area contributed by atoms with Crippen LogP contribution in [-0.4, -0.2) is 32.9 Å². The third-order valence-corrected chi connectivity index (χ3v) is 3.88. The third-order valence-electron chi connectivity index (χ3n) is 3.88. The fourth-order valence-corrected chi connectivity index (χ4v) is 2.56. The Morgan fingerprint density at radius 1 is 1.14 bits per heavy atom. The number of amides is 1. The van der Waals surface area contributed by atoms with E-state index >= 15 is 0 Å². The van der Waals surface area contributed by atoms with Gasteiger partial charge in [-0.05, 0) is 35.9 Å². The maximum Gasteiger partial charge on any atom is 0.307 e. The van der Waals surface area contributed by atoms with Crippen LogP contribution in [0.25, 0.3) is 11.0 Å². The van der Waals surface area contributed by atoms with Crippen molar-refractivity contribution in [2.45, 2.75) is 0 Å². The summed E-state index contributed by atoms with van der Waals surface area (Å²) in [5, 5.41) is 4.74. The Labute approximate surface area is 162 Å². The lowest BCUT2D eigenvalue weighted by molar-refractivity contribution is 0.0929. The van der Waals surface area contributed by atoms with Crippen molar-refractivity contribution in [1.29, 1.82) is 0 Å². The number of benzene rings is 2. The molecule has 0 aliphatic heterocycles. The number of fused-ring (bicyclic) bond motifs is 1. The van der Waals surface area contributed by atoms with E-state index in [-0.39, 0.29) is 5.76 Å². The van der Waals surface area contributed by atoms with Gasteiger partial charge in [0.15, 0.2) is 28.6 Å². The number of methoxy groups -OCH3 is 2. The monoisotopic (exact) mass is 380 g/mol. The summed E-state index contributed by atoms with van der Waals surface area (Å²) in [6, 6.07) is 12.4. The Kier molecular flexibility index (Phi) is 5.96. The Morgan fingerprint density at radius 2 is 1.96 bits per heavy atom. The van der Waals surface area contributed by atoms with E-state index in [1.54, 1.807) is 50.6 Å². The van der Waals surface area contributed by atoms with E-state index in [1.807, 2.05) is 12.1 Å². The molecule has 0 aliphatic carbocycles. The van der Waals surface area contributed by atoms with E-state index < -0.39 is 5.91 Å². The van der Waals surface area contributed by atoms with Gasteiger partial charge in [-0.2, -0.15) is 5.10 Å². The minimum Gasteiger partial charge on any atom is -0.493 e. The molecule has 1 amide bonds. The van der Waals surface area contributed by atoms with Crippen molar-refractivity contribution < 1.29 is 23.4 Å². The van der Waals surface area contributed by atoms with Crippen LogP contribution in [0.4, 0.5) is 0 Å². The molecule has 1 N–H and O–H groups in total. The average molecular weight is 380 g/mol. The zero-order chi connectivity index (χ0) is 19.9. The predicted molar refractivity (Wildman–Crippen MR) is 107 cm³/mol. The summed E-state index contributed by atoms with van der Waals surface area (Å²) in [5.74, 6) is 1.39. The summed E-state index contributed by atoms with van der Waals surface area (Å²) in [6.07, 6.45) is 3.15. The highest BCUT2D eigenvalue weighted by molar-refractivity contribution is 5.97. The number of hydrogen-bond acceptors (Lipinski definition) is 6. The van der Waals surface area contributed by atoms with Crippen molar-refractivity contribution in [1.82, 2.24) is 5.43 Å². The Balaban J connectivity index is 1.70. The first-order chi connectivity index (χ1) is 13.7. The average Bonchev–Trinajstić information content (AvgIpc) is 3.17. The molecule has 3 rings (SSSR count). The van der Waals surface area contributed by atoms with Gasteiger partial charge < -0.3 is 18.6 Å². The zero-order valence-corrected chi connectivity index (χ0v) is 15.6. The third kappa shape index (κ3) is 4.15. The molecule has 0 spiro atoms. The first kappa shape index (κ1) is 19.0. The SMILES string of the molecule is C=CCOc1ccc(/C=N\NC(=O)c2cc3cccc(OC)c3o2)cc1OC. The molecular formula is C21H20N2O5. The van der Waals surface area contributed by atoms with Crippen LogP contribution in [0, 0.1) is 0 Å². The van der Waals surface area contributed by atoms with E-state index in [4.69, 9.17) is 18.6 Å². The van der Waals surface area contributed by atoms with E-state index in [0.717, 1.165) is 10.9 Å². The molecule has 2 aromatic carbocycles. The fraction of sp³-hybridized carbons (Fsp3) is 0.143. The molecule has 0 radical (unpaired) electrons. The van der Waals surface area contributed by atoms with Crippen molar-refractivity contribution in [3.8, 4) is 17.2 Å². The second-order valence-electron chi connectivity index (χ2n) is 5.70. The molecule has 3 aromatic rings. The molecule has 28 heavy (non-hydrogen) atoms. The molecule has 0 aliphatic rings. The van der Waals surface area contributed by atoms with Crippen molar-refractivity contribution in [2.75, 3.05) is 20.8 Å².